The van der Waals surface area contributed by atoms with E-state index >= 15 is 0 Å². The van der Waals surface area contributed by atoms with Gasteiger partial charge in [0, 0.05) is 12.6 Å². The molecule has 62 valence electrons. The topological polar surface area (TPSA) is 72.3 Å². The first kappa shape index (κ1) is 9.88. The SMILES string of the molecule is CC[C@H](N)CC(CN)CO. The van der Waals surface area contributed by atoms with E-state index in [4.69, 9.17) is 16.6 Å². The first-order valence-electron chi connectivity index (χ1n) is 3.81. The van der Waals surface area contributed by atoms with Crippen molar-refractivity contribution >= 4 is 0 Å². The Morgan fingerprint density at radius 3 is 2.40 bits per heavy atom. The van der Waals surface area contributed by atoms with Crippen molar-refractivity contribution in [2.45, 2.75) is 25.8 Å². The monoisotopic (exact) mass is 146 g/mol. The van der Waals surface area contributed by atoms with E-state index in [0.29, 0.717) is 6.54 Å². The highest BCUT2D eigenvalue weighted by atomic mass is 16.3. The van der Waals surface area contributed by atoms with Crippen LogP contribution in [0, 0.1) is 5.92 Å². The van der Waals surface area contributed by atoms with Crippen LogP contribution in [0.5, 0.6) is 0 Å². The standard InChI is InChI=1S/C7H18N2O/c1-2-7(9)3-6(4-8)5-10/h6-7,10H,2-5,8-9H2,1H3/t6?,7-/m0/s1. The van der Waals surface area contributed by atoms with E-state index in [2.05, 4.69) is 0 Å². The minimum absolute atomic E-state index is 0.157. The van der Waals surface area contributed by atoms with Crippen molar-refractivity contribution in [3.63, 3.8) is 0 Å². The number of aliphatic hydroxyl groups is 1. The summed E-state index contributed by atoms with van der Waals surface area (Å²) in [6.45, 7) is 2.73. The van der Waals surface area contributed by atoms with Gasteiger partial charge < -0.3 is 16.6 Å². The molecule has 3 heteroatoms. The number of hydrogen-bond donors (Lipinski definition) is 3. The minimum Gasteiger partial charge on any atom is -0.396 e. The highest BCUT2D eigenvalue weighted by molar-refractivity contribution is 4.66. The van der Waals surface area contributed by atoms with Crippen LogP contribution in [0.4, 0.5) is 0 Å². The summed E-state index contributed by atoms with van der Waals surface area (Å²) < 4.78 is 0. The van der Waals surface area contributed by atoms with Crippen LogP contribution in [0.1, 0.15) is 19.8 Å². The van der Waals surface area contributed by atoms with Crippen LogP contribution in [0.15, 0.2) is 0 Å². The molecule has 0 aromatic carbocycles. The average Bonchev–Trinajstić information content (AvgIpc) is 1.99. The normalized spacial score (nSPS) is 16.8. The van der Waals surface area contributed by atoms with Crippen molar-refractivity contribution in [2.24, 2.45) is 17.4 Å². The Kier molecular flexibility index (Phi) is 5.58. The van der Waals surface area contributed by atoms with Gasteiger partial charge in [0.25, 0.3) is 0 Å². The molecule has 0 amide bonds. The maximum absolute atomic E-state index is 8.73. The maximum Gasteiger partial charge on any atom is 0.0471 e. The smallest absolute Gasteiger partial charge is 0.0471 e. The molecule has 1 unspecified atom stereocenters. The van der Waals surface area contributed by atoms with E-state index in [1.165, 1.54) is 0 Å². The van der Waals surface area contributed by atoms with Gasteiger partial charge in [-0.15, -0.1) is 0 Å². The molecule has 0 aliphatic heterocycles. The second kappa shape index (κ2) is 5.65. The van der Waals surface area contributed by atoms with E-state index in [0.717, 1.165) is 12.8 Å². The molecule has 0 rings (SSSR count). The maximum atomic E-state index is 8.73. The molecule has 3 nitrogen and oxygen atoms in total. The fourth-order valence-electron chi connectivity index (χ4n) is 0.840. The van der Waals surface area contributed by atoms with Gasteiger partial charge in [-0.2, -0.15) is 0 Å². The number of rotatable bonds is 5. The Morgan fingerprint density at radius 2 is 2.10 bits per heavy atom. The Bertz CT molecular complexity index is 74.0. The second-order valence-corrected chi connectivity index (χ2v) is 2.69. The van der Waals surface area contributed by atoms with Crippen molar-refractivity contribution in [3.8, 4) is 0 Å². The van der Waals surface area contributed by atoms with Gasteiger partial charge >= 0.3 is 0 Å². The molecular weight excluding hydrogens is 128 g/mol. The van der Waals surface area contributed by atoms with Gasteiger partial charge in [0.1, 0.15) is 0 Å². The van der Waals surface area contributed by atoms with Gasteiger partial charge in [-0.05, 0) is 25.3 Å². The molecule has 0 heterocycles. The van der Waals surface area contributed by atoms with Gasteiger partial charge in [-0.1, -0.05) is 6.92 Å². The summed E-state index contributed by atoms with van der Waals surface area (Å²) in [7, 11) is 0. The summed E-state index contributed by atoms with van der Waals surface area (Å²) in [6, 6.07) is 0.195. The highest BCUT2D eigenvalue weighted by Crippen LogP contribution is 2.04. The molecule has 0 spiro atoms. The van der Waals surface area contributed by atoms with Gasteiger partial charge in [-0.25, -0.2) is 0 Å². The van der Waals surface area contributed by atoms with Crippen molar-refractivity contribution in [1.82, 2.24) is 0 Å². The molecule has 0 aromatic rings. The zero-order valence-electron chi connectivity index (χ0n) is 6.59. The summed E-state index contributed by atoms with van der Waals surface area (Å²) in [6.07, 6.45) is 1.79. The number of hydrogen-bond acceptors (Lipinski definition) is 3. The van der Waals surface area contributed by atoms with Crippen LogP contribution in [0.2, 0.25) is 0 Å². The summed E-state index contributed by atoms with van der Waals surface area (Å²) in [4.78, 5) is 0. The summed E-state index contributed by atoms with van der Waals surface area (Å²) in [5, 5.41) is 8.73. The molecule has 0 radical (unpaired) electrons. The fraction of sp³-hybridized carbons (Fsp3) is 1.00. The predicted octanol–water partition coefficient (Wildman–Crippen LogP) is -0.319. The van der Waals surface area contributed by atoms with Crippen LogP contribution in [0.3, 0.4) is 0 Å². The fourth-order valence-corrected chi connectivity index (χ4v) is 0.840. The molecule has 0 bridgehead atoms. The lowest BCUT2D eigenvalue weighted by molar-refractivity contribution is 0.215. The van der Waals surface area contributed by atoms with Gasteiger partial charge in [-0.3, -0.25) is 0 Å². The van der Waals surface area contributed by atoms with E-state index in [1.54, 1.807) is 0 Å². The van der Waals surface area contributed by atoms with E-state index in [1.807, 2.05) is 6.92 Å². The molecular formula is C7H18N2O. The minimum atomic E-state index is 0.157. The van der Waals surface area contributed by atoms with Crippen LogP contribution < -0.4 is 11.5 Å². The van der Waals surface area contributed by atoms with Crippen LogP contribution in [-0.4, -0.2) is 24.3 Å². The first-order valence-corrected chi connectivity index (χ1v) is 3.81. The highest BCUT2D eigenvalue weighted by Gasteiger charge is 2.08. The molecule has 0 fully saturated rings. The van der Waals surface area contributed by atoms with Gasteiger partial charge in [0.2, 0.25) is 0 Å². The Hall–Kier alpha value is -0.120. The second-order valence-electron chi connectivity index (χ2n) is 2.69. The molecule has 0 saturated heterocycles. The summed E-state index contributed by atoms with van der Waals surface area (Å²) in [5.41, 5.74) is 11.0. The van der Waals surface area contributed by atoms with Crippen LogP contribution in [-0.2, 0) is 0 Å². The van der Waals surface area contributed by atoms with Gasteiger partial charge in [0.05, 0.1) is 0 Å². The summed E-state index contributed by atoms with van der Waals surface area (Å²) >= 11 is 0. The molecule has 0 aliphatic carbocycles. The lowest BCUT2D eigenvalue weighted by Gasteiger charge is -2.15. The van der Waals surface area contributed by atoms with E-state index in [-0.39, 0.29) is 18.6 Å². The first-order chi connectivity index (χ1) is 4.74. The lowest BCUT2D eigenvalue weighted by Crippen LogP contribution is -2.28. The van der Waals surface area contributed by atoms with E-state index < -0.39 is 0 Å². The molecule has 10 heavy (non-hydrogen) atoms. The lowest BCUT2D eigenvalue weighted by atomic mass is 10.00. The molecule has 2 atom stereocenters. The molecule has 0 aliphatic rings. The molecule has 0 saturated carbocycles. The Labute approximate surface area is 62.4 Å². The average molecular weight is 146 g/mol. The van der Waals surface area contributed by atoms with E-state index in [9.17, 15) is 0 Å². The zero-order chi connectivity index (χ0) is 7.98. The third kappa shape index (κ3) is 3.82. The van der Waals surface area contributed by atoms with Crippen molar-refractivity contribution in [1.29, 1.82) is 0 Å². The molecule has 0 aromatic heterocycles. The Balaban J connectivity index is 3.41. The number of nitrogens with two attached hydrogens (primary N) is 2. The van der Waals surface area contributed by atoms with Crippen molar-refractivity contribution in [2.75, 3.05) is 13.2 Å². The summed E-state index contributed by atoms with van der Waals surface area (Å²) in [5.74, 6) is 0.190. The quantitative estimate of drug-likeness (QED) is 0.498. The van der Waals surface area contributed by atoms with Crippen LogP contribution in [0.25, 0.3) is 0 Å². The largest absolute Gasteiger partial charge is 0.396 e. The van der Waals surface area contributed by atoms with Crippen LogP contribution >= 0.6 is 0 Å². The van der Waals surface area contributed by atoms with Gasteiger partial charge in [0.15, 0.2) is 0 Å². The third-order valence-electron chi connectivity index (χ3n) is 1.75. The zero-order valence-corrected chi connectivity index (χ0v) is 6.59. The number of aliphatic hydroxyl groups excluding tert-OH is 1. The third-order valence-corrected chi connectivity index (χ3v) is 1.75. The van der Waals surface area contributed by atoms with Crippen molar-refractivity contribution in [3.05, 3.63) is 0 Å². The Morgan fingerprint density at radius 1 is 1.50 bits per heavy atom. The van der Waals surface area contributed by atoms with Crippen molar-refractivity contribution < 1.29 is 5.11 Å². The molecule has 5 N–H and O–H groups in total. The predicted molar refractivity (Wildman–Crippen MR) is 42.5 cm³/mol.